The molecular formula is C16H26N2. The lowest BCUT2D eigenvalue weighted by Crippen LogP contribution is -2.30. The van der Waals surface area contributed by atoms with E-state index in [0.29, 0.717) is 12.6 Å². The summed E-state index contributed by atoms with van der Waals surface area (Å²) in [5, 5.41) is 3.60. The smallest absolute Gasteiger partial charge is 0.0444 e. The molecule has 2 rings (SSSR count). The molecule has 0 amide bonds. The first kappa shape index (κ1) is 13.6. The summed E-state index contributed by atoms with van der Waals surface area (Å²) in [6, 6.07) is 9.17. The van der Waals surface area contributed by atoms with E-state index in [1.54, 1.807) is 0 Å². The normalized spacial score (nSPS) is 17.4. The Kier molecular flexibility index (Phi) is 5.21. The fourth-order valence-electron chi connectivity index (χ4n) is 2.57. The highest BCUT2D eigenvalue weighted by atomic mass is 14.9. The lowest BCUT2D eigenvalue weighted by Gasteiger charge is -2.26. The van der Waals surface area contributed by atoms with E-state index in [0.717, 1.165) is 18.9 Å². The summed E-state index contributed by atoms with van der Waals surface area (Å²) in [6.45, 7) is 3.96. The molecule has 2 nitrogen and oxygen atoms in total. The molecule has 0 spiro atoms. The maximum atomic E-state index is 5.88. The topological polar surface area (TPSA) is 38.0 Å². The summed E-state index contributed by atoms with van der Waals surface area (Å²) >= 11 is 0. The van der Waals surface area contributed by atoms with E-state index in [1.165, 1.54) is 36.8 Å². The number of aryl methyl sites for hydroxylation is 1. The Balaban J connectivity index is 1.81. The molecule has 3 N–H and O–H groups in total. The van der Waals surface area contributed by atoms with Crippen LogP contribution in [-0.4, -0.2) is 13.1 Å². The van der Waals surface area contributed by atoms with Crippen LogP contribution in [0.1, 0.15) is 49.8 Å². The van der Waals surface area contributed by atoms with Crippen molar-refractivity contribution in [1.82, 2.24) is 5.32 Å². The Labute approximate surface area is 111 Å². The van der Waals surface area contributed by atoms with E-state index in [2.05, 4.69) is 36.5 Å². The second kappa shape index (κ2) is 6.91. The Hall–Kier alpha value is -0.860. The molecule has 18 heavy (non-hydrogen) atoms. The molecule has 1 aromatic rings. The van der Waals surface area contributed by atoms with E-state index in [-0.39, 0.29) is 0 Å². The number of rotatable bonds is 7. The molecule has 1 atom stereocenters. The standard InChI is InChI=1S/C16H26N2/c1-2-13-6-8-15(9-7-13)16(12-17)18-11-10-14-4-3-5-14/h6-9,14,16,18H,2-5,10-12,17H2,1H3. The molecule has 0 bridgehead atoms. The zero-order valence-corrected chi connectivity index (χ0v) is 11.5. The molecule has 0 saturated heterocycles. The van der Waals surface area contributed by atoms with Gasteiger partial charge in [0.1, 0.15) is 0 Å². The lowest BCUT2D eigenvalue weighted by atomic mass is 9.83. The molecule has 0 aromatic heterocycles. The highest BCUT2D eigenvalue weighted by Gasteiger charge is 2.17. The quantitative estimate of drug-likeness (QED) is 0.776. The molecule has 2 heteroatoms. The van der Waals surface area contributed by atoms with E-state index in [9.17, 15) is 0 Å². The number of nitrogens with one attached hydrogen (secondary N) is 1. The van der Waals surface area contributed by atoms with E-state index >= 15 is 0 Å². The van der Waals surface area contributed by atoms with E-state index in [1.807, 2.05) is 0 Å². The molecule has 0 radical (unpaired) electrons. The largest absolute Gasteiger partial charge is 0.329 e. The molecule has 1 aromatic carbocycles. The van der Waals surface area contributed by atoms with Crippen LogP contribution >= 0.6 is 0 Å². The fourth-order valence-corrected chi connectivity index (χ4v) is 2.57. The molecule has 0 aliphatic heterocycles. The summed E-state index contributed by atoms with van der Waals surface area (Å²) in [6.07, 6.45) is 6.70. The van der Waals surface area contributed by atoms with E-state index < -0.39 is 0 Å². The van der Waals surface area contributed by atoms with Crippen molar-refractivity contribution in [2.24, 2.45) is 11.7 Å². The SMILES string of the molecule is CCc1ccc(C(CN)NCCC2CCC2)cc1. The second-order valence-electron chi connectivity index (χ2n) is 5.42. The first-order valence-electron chi connectivity index (χ1n) is 7.35. The predicted molar refractivity (Wildman–Crippen MR) is 77.6 cm³/mol. The highest BCUT2D eigenvalue weighted by molar-refractivity contribution is 5.25. The first-order valence-corrected chi connectivity index (χ1v) is 7.35. The van der Waals surface area contributed by atoms with Crippen molar-refractivity contribution in [3.05, 3.63) is 35.4 Å². The maximum Gasteiger partial charge on any atom is 0.0444 e. The van der Waals surface area contributed by atoms with Gasteiger partial charge in [0.15, 0.2) is 0 Å². The van der Waals surface area contributed by atoms with Gasteiger partial charge in [0.05, 0.1) is 0 Å². The molecule has 0 heterocycles. The van der Waals surface area contributed by atoms with Crippen molar-refractivity contribution in [3.8, 4) is 0 Å². The minimum Gasteiger partial charge on any atom is -0.329 e. The molecule has 1 aliphatic rings. The van der Waals surface area contributed by atoms with Crippen LogP contribution in [0.15, 0.2) is 24.3 Å². The van der Waals surface area contributed by atoms with Crippen LogP contribution in [0, 0.1) is 5.92 Å². The minimum absolute atomic E-state index is 0.316. The van der Waals surface area contributed by atoms with Crippen molar-refractivity contribution >= 4 is 0 Å². The van der Waals surface area contributed by atoms with Crippen molar-refractivity contribution in [2.75, 3.05) is 13.1 Å². The van der Waals surface area contributed by atoms with Gasteiger partial charge in [0, 0.05) is 12.6 Å². The Morgan fingerprint density at radius 3 is 2.50 bits per heavy atom. The van der Waals surface area contributed by atoms with Crippen LogP contribution in [0.4, 0.5) is 0 Å². The average molecular weight is 246 g/mol. The van der Waals surface area contributed by atoms with Gasteiger partial charge in [-0.1, -0.05) is 50.5 Å². The van der Waals surface area contributed by atoms with Crippen molar-refractivity contribution in [1.29, 1.82) is 0 Å². The summed E-state index contributed by atoms with van der Waals surface area (Å²) in [5.74, 6) is 0.971. The van der Waals surface area contributed by atoms with Crippen molar-refractivity contribution in [2.45, 2.75) is 45.1 Å². The van der Waals surface area contributed by atoms with Gasteiger partial charge < -0.3 is 11.1 Å². The number of nitrogens with two attached hydrogens (primary N) is 1. The molecule has 1 fully saturated rings. The first-order chi connectivity index (χ1) is 8.83. The van der Waals surface area contributed by atoms with Gasteiger partial charge in [0.2, 0.25) is 0 Å². The van der Waals surface area contributed by atoms with Gasteiger partial charge in [-0.15, -0.1) is 0 Å². The van der Waals surface area contributed by atoms with Gasteiger partial charge in [0.25, 0.3) is 0 Å². The highest BCUT2D eigenvalue weighted by Crippen LogP contribution is 2.29. The van der Waals surface area contributed by atoms with Crippen LogP contribution in [-0.2, 0) is 6.42 Å². The third-order valence-corrected chi connectivity index (χ3v) is 4.19. The van der Waals surface area contributed by atoms with Crippen LogP contribution in [0.5, 0.6) is 0 Å². The molecular weight excluding hydrogens is 220 g/mol. The zero-order chi connectivity index (χ0) is 12.8. The van der Waals surface area contributed by atoms with Crippen LogP contribution in [0.2, 0.25) is 0 Å². The van der Waals surface area contributed by atoms with Gasteiger partial charge in [-0.25, -0.2) is 0 Å². The third-order valence-electron chi connectivity index (χ3n) is 4.19. The second-order valence-corrected chi connectivity index (χ2v) is 5.42. The predicted octanol–water partition coefficient (Wildman–Crippen LogP) is 3.03. The van der Waals surface area contributed by atoms with Crippen LogP contribution < -0.4 is 11.1 Å². The van der Waals surface area contributed by atoms with Gasteiger partial charge in [-0.05, 0) is 36.4 Å². The van der Waals surface area contributed by atoms with Crippen molar-refractivity contribution in [3.63, 3.8) is 0 Å². The minimum atomic E-state index is 0.316. The van der Waals surface area contributed by atoms with E-state index in [4.69, 9.17) is 5.73 Å². The van der Waals surface area contributed by atoms with Crippen LogP contribution in [0.3, 0.4) is 0 Å². The summed E-state index contributed by atoms with van der Waals surface area (Å²) in [4.78, 5) is 0. The molecule has 1 saturated carbocycles. The Bertz CT molecular complexity index is 341. The monoisotopic (exact) mass is 246 g/mol. The number of hydrogen-bond donors (Lipinski definition) is 2. The summed E-state index contributed by atoms with van der Waals surface area (Å²) in [5.41, 5.74) is 8.59. The molecule has 100 valence electrons. The number of benzene rings is 1. The Morgan fingerprint density at radius 2 is 2.00 bits per heavy atom. The zero-order valence-electron chi connectivity index (χ0n) is 11.5. The molecule has 1 unspecified atom stereocenters. The van der Waals surface area contributed by atoms with Gasteiger partial charge in [-0.3, -0.25) is 0 Å². The van der Waals surface area contributed by atoms with Gasteiger partial charge >= 0.3 is 0 Å². The van der Waals surface area contributed by atoms with Crippen molar-refractivity contribution < 1.29 is 0 Å². The average Bonchev–Trinajstić information content (AvgIpc) is 2.37. The maximum absolute atomic E-state index is 5.88. The summed E-state index contributed by atoms with van der Waals surface area (Å²) < 4.78 is 0. The van der Waals surface area contributed by atoms with Crippen LogP contribution in [0.25, 0.3) is 0 Å². The third kappa shape index (κ3) is 3.56. The summed E-state index contributed by atoms with van der Waals surface area (Å²) in [7, 11) is 0. The fraction of sp³-hybridized carbons (Fsp3) is 0.625. The lowest BCUT2D eigenvalue weighted by molar-refractivity contribution is 0.288. The van der Waals surface area contributed by atoms with Gasteiger partial charge in [-0.2, -0.15) is 0 Å². The number of hydrogen-bond acceptors (Lipinski definition) is 2. The molecule has 1 aliphatic carbocycles. The Morgan fingerprint density at radius 1 is 1.28 bits per heavy atom.